The van der Waals surface area contributed by atoms with Crippen LogP contribution < -0.4 is 0 Å². The molecule has 0 amide bonds. The zero-order chi connectivity index (χ0) is 10.0. The molecule has 0 aliphatic heterocycles. The van der Waals surface area contributed by atoms with Crippen molar-refractivity contribution < 1.29 is 9.59 Å². The molecular formula is C10H15ClO2. The topological polar surface area (TPSA) is 34.1 Å². The van der Waals surface area contributed by atoms with Crippen LogP contribution in [-0.2, 0) is 9.59 Å². The van der Waals surface area contributed by atoms with Gasteiger partial charge < -0.3 is 0 Å². The van der Waals surface area contributed by atoms with Crippen LogP contribution in [0.5, 0.6) is 0 Å². The van der Waals surface area contributed by atoms with Gasteiger partial charge in [-0.15, -0.1) is 11.6 Å². The zero-order valence-electron chi connectivity index (χ0n) is 8.05. The molecule has 0 bridgehead atoms. The van der Waals surface area contributed by atoms with Gasteiger partial charge in [0.2, 0.25) is 0 Å². The van der Waals surface area contributed by atoms with Crippen molar-refractivity contribution in [3.05, 3.63) is 0 Å². The van der Waals surface area contributed by atoms with Crippen molar-refractivity contribution in [1.82, 2.24) is 0 Å². The van der Waals surface area contributed by atoms with E-state index >= 15 is 0 Å². The minimum Gasteiger partial charge on any atom is -0.300 e. The molecule has 1 fully saturated rings. The fourth-order valence-corrected chi connectivity index (χ4v) is 2.33. The lowest BCUT2D eigenvalue weighted by atomic mass is 9.78. The molecule has 74 valence electrons. The van der Waals surface area contributed by atoms with E-state index in [1.165, 1.54) is 0 Å². The van der Waals surface area contributed by atoms with E-state index in [1.807, 2.05) is 0 Å². The van der Waals surface area contributed by atoms with Crippen molar-refractivity contribution in [2.24, 2.45) is 11.8 Å². The van der Waals surface area contributed by atoms with Crippen molar-refractivity contribution in [2.45, 2.75) is 38.5 Å². The van der Waals surface area contributed by atoms with Crippen molar-refractivity contribution >= 4 is 23.2 Å². The van der Waals surface area contributed by atoms with Crippen molar-refractivity contribution in [2.75, 3.05) is 0 Å². The van der Waals surface area contributed by atoms with Crippen LogP contribution in [0.4, 0.5) is 0 Å². The Balaban J connectivity index is 2.63. The van der Waals surface area contributed by atoms with E-state index in [4.69, 9.17) is 11.6 Å². The summed E-state index contributed by atoms with van der Waals surface area (Å²) in [4.78, 5) is 22.3. The largest absolute Gasteiger partial charge is 0.300 e. The maximum Gasteiger partial charge on any atom is 0.134 e. The molecule has 0 radical (unpaired) electrons. The molecule has 3 heteroatoms. The lowest BCUT2D eigenvalue weighted by Gasteiger charge is -2.29. The van der Waals surface area contributed by atoms with E-state index in [0.29, 0.717) is 6.42 Å². The van der Waals surface area contributed by atoms with E-state index in [-0.39, 0.29) is 28.8 Å². The number of ketones is 2. The van der Waals surface area contributed by atoms with E-state index < -0.39 is 0 Å². The first-order chi connectivity index (χ1) is 6.02. The minimum atomic E-state index is -0.107. The molecule has 3 atom stereocenters. The molecule has 0 aromatic carbocycles. The summed E-state index contributed by atoms with van der Waals surface area (Å²) in [6.45, 7) is 3.15. The van der Waals surface area contributed by atoms with Gasteiger partial charge in [0.05, 0.1) is 0 Å². The maximum atomic E-state index is 11.2. The number of hydrogen-bond donors (Lipinski definition) is 0. The highest BCUT2D eigenvalue weighted by Gasteiger charge is 2.33. The van der Waals surface area contributed by atoms with Crippen LogP contribution in [0, 0.1) is 11.8 Å². The average molecular weight is 203 g/mol. The fourth-order valence-electron chi connectivity index (χ4n) is 1.92. The van der Waals surface area contributed by atoms with E-state index in [0.717, 1.165) is 12.8 Å². The Hall–Kier alpha value is -0.370. The van der Waals surface area contributed by atoms with Gasteiger partial charge in [-0.05, 0) is 33.1 Å². The van der Waals surface area contributed by atoms with Crippen molar-refractivity contribution in [1.29, 1.82) is 0 Å². The summed E-state index contributed by atoms with van der Waals surface area (Å²) < 4.78 is 0. The minimum absolute atomic E-state index is 0.0592. The highest BCUT2D eigenvalue weighted by molar-refractivity contribution is 6.22. The molecular weight excluding hydrogens is 188 g/mol. The highest BCUT2D eigenvalue weighted by Crippen LogP contribution is 2.33. The number of carbonyl (C=O) groups excluding carboxylic acids is 2. The lowest BCUT2D eigenvalue weighted by molar-refractivity contribution is -0.125. The molecule has 0 saturated heterocycles. The summed E-state index contributed by atoms with van der Waals surface area (Å²) in [6.07, 6.45) is 2.28. The fraction of sp³-hybridized carbons (Fsp3) is 0.800. The summed E-state index contributed by atoms with van der Waals surface area (Å²) >= 11 is 6.02. The quantitative estimate of drug-likeness (QED) is 0.644. The van der Waals surface area contributed by atoms with Crippen LogP contribution in [0.2, 0.25) is 0 Å². The highest BCUT2D eigenvalue weighted by atomic mass is 35.5. The summed E-state index contributed by atoms with van der Waals surface area (Å²) in [7, 11) is 0. The van der Waals surface area contributed by atoms with Crippen LogP contribution in [0.1, 0.15) is 33.1 Å². The van der Waals surface area contributed by atoms with Gasteiger partial charge in [0.1, 0.15) is 11.6 Å². The van der Waals surface area contributed by atoms with Crippen LogP contribution in [0.3, 0.4) is 0 Å². The Bertz CT molecular complexity index is 225. The Labute approximate surface area is 83.6 Å². The van der Waals surface area contributed by atoms with Gasteiger partial charge in [-0.25, -0.2) is 0 Å². The van der Waals surface area contributed by atoms with Gasteiger partial charge in [0.25, 0.3) is 0 Å². The second kappa shape index (κ2) is 4.23. The second-order valence-electron chi connectivity index (χ2n) is 3.85. The SMILES string of the molecule is CC(=O)C1CCC(Cl)C(C(C)=O)C1. The van der Waals surface area contributed by atoms with Gasteiger partial charge in [0, 0.05) is 17.2 Å². The average Bonchev–Trinajstić information content (AvgIpc) is 2.04. The molecule has 1 aliphatic carbocycles. The number of halogens is 1. The Morgan fingerprint density at radius 1 is 1.15 bits per heavy atom. The van der Waals surface area contributed by atoms with Crippen molar-refractivity contribution in [3.63, 3.8) is 0 Å². The van der Waals surface area contributed by atoms with Crippen molar-refractivity contribution in [3.8, 4) is 0 Å². The molecule has 0 spiro atoms. The van der Waals surface area contributed by atoms with E-state index in [2.05, 4.69) is 0 Å². The maximum absolute atomic E-state index is 11.2. The van der Waals surface area contributed by atoms with Crippen LogP contribution >= 0.6 is 11.6 Å². The third kappa shape index (κ3) is 2.53. The first kappa shape index (κ1) is 10.7. The molecule has 0 heterocycles. The van der Waals surface area contributed by atoms with Gasteiger partial charge in [-0.2, -0.15) is 0 Å². The third-order valence-electron chi connectivity index (χ3n) is 2.86. The summed E-state index contributed by atoms with van der Waals surface area (Å²) in [5.74, 6) is 0.258. The molecule has 0 aromatic heterocycles. The normalized spacial score (nSPS) is 34.2. The Morgan fingerprint density at radius 3 is 2.23 bits per heavy atom. The molecule has 1 aliphatic rings. The van der Waals surface area contributed by atoms with Gasteiger partial charge in [0.15, 0.2) is 0 Å². The third-order valence-corrected chi connectivity index (χ3v) is 3.39. The second-order valence-corrected chi connectivity index (χ2v) is 4.41. The van der Waals surface area contributed by atoms with Gasteiger partial charge >= 0.3 is 0 Å². The van der Waals surface area contributed by atoms with E-state index in [1.54, 1.807) is 13.8 Å². The first-order valence-electron chi connectivity index (χ1n) is 4.67. The van der Waals surface area contributed by atoms with E-state index in [9.17, 15) is 9.59 Å². The smallest absolute Gasteiger partial charge is 0.134 e. The number of alkyl halides is 1. The predicted molar refractivity (Wildman–Crippen MR) is 51.8 cm³/mol. The molecule has 0 N–H and O–H groups in total. The monoisotopic (exact) mass is 202 g/mol. The van der Waals surface area contributed by atoms with Gasteiger partial charge in [-0.1, -0.05) is 0 Å². The number of Topliss-reactive ketones (excluding diaryl/α,β-unsaturated/α-hetero) is 2. The summed E-state index contributed by atoms with van der Waals surface area (Å²) in [6, 6.07) is 0. The molecule has 13 heavy (non-hydrogen) atoms. The molecule has 1 rings (SSSR count). The summed E-state index contributed by atoms with van der Waals surface area (Å²) in [5.41, 5.74) is 0. The standard InChI is InChI=1S/C10H15ClO2/c1-6(12)8-3-4-10(11)9(5-8)7(2)13/h8-10H,3-5H2,1-2H3. The number of hydrogen-bond acceptors (Lipinski definition) is 2. The van der Waals surface area contributed by atoms with Crippen LogP contribution in [-0.4, -0.2) is 16.9 Å². The number of carbonyl (C=O) groups is 2. The summed E-state index contributed by atoms with van der Waals surface area (Å²) in [5, 5.41) is -0.0619. The Morgan fingerprint density at radius 2 is 1.77 bits per heavy atom. The Kier molecular flexibility index (Phi) is 3.48. The van der Waals surface area contributed by atoms with Crippen LogP contribution in [0.15, 0.2) is 0 Å². The zero-order valence-corrected chi connectivity index (χ0v) is 8.80. The van der Waals surface area contributed by atoms with Crippen LogP contribution in [0.25, 0.3) is 0 Å². The first-order valence-corrected chi connectivity index (χ1v) is 5.11. The predicted octanol–water partition coefficient (Wildman–Crippen LogP) is 2.19. The lowest BCUT2D eigenvalue weighted by Crippen LogP contribution is -2.32. The molecule has 2 nitrogen and oxygen atoms in total. The molecule has 0 aromatic rings. The number of rotatable bonds is 2. The molecule has 3 unspecified atom stereocenters. The van der Waals surface area contributed by atoms with Gasteiger partial charge in [-0.3, -0.25) is 9.59 Å². The molecule has 1 saturated carbocycles.